The third-order valence-electron chi connectivity index (χ3n) is 6.53. The number of fused-ring (bicyclic) bond motifs is 1. The van der Waals surface area contributed by atoms with Gasteiger partial charge in [-0.15, -0.1) is 23.5 Å². The summed E-state index contributed by atoms with van der Waals surface area (Å²) in [4.78, 5) is 1.41. The van der Waals surface area contributed by atoms with E-state index in [2.05, 4.69) is 102 Å². The molecule has 2 N–H and O–H groups in total. The van der Waals surface area contributed by atoms with Gasteiger partial charge in [0.1, 0.15) is 5.75 Å². The van der Waals surface area contributed by atoms with Crippen LogP contribution < -0.4 is 15.4 Å². The van der Waals surface area contributed by atoms with Crippen LogP contribution in [0.3, 0.4) is 0 Å². The van der Waals surface area contributed by atoms with Crippen LogP contribution in [0.15, 0.2) is 60.7 Å². The molecule has 1 fully saturated rings. The van der Waals surface area contributed by atoms with Gasteiger partial charge < -0.3 is 15.4 Å². The van der Waals surface area contributed by atoms with Crippen molar-refractivity contribution >= 4 is 45.8 Å². The molecule has 0 radical (unpaired) electrons. The molecule has 4 rings (SSSR count). The second-order valence-corrected chi connectivity index (χ2v) is 12.1. The van der Waals surface area contributed by atoms with Gasteiger partial charge in [0.2, 0.25) is 0 Å². The van der Waals surface area contributed by atoms with Crippen molar-refractivity contribution in [1.29, 1.82) is 0 Å². The standard InChI is InChI=1S/C27H34N2OS3/c1-3-28-26(31)29-17-18-32-27-16-8-7-11-24(27)23(20-12-14-22(30-2)15-13-20)19-25(33-27)21-9-5-4-6-10-21/h4-6,9-10,12-15,19,23-24H,3,7-8,11,16-18H2,1-2H3,(H2,28,29,31). The van der Waals surface area contributed by atoms with E-state index in [0.717, 1.165) is 29.7 Å². The summed E-state index contributed by atoms with van der Waals surface area (Å²) in [6, 6.07) is 19.6. The molecule has 3 unspecified atom stereocenters. The molecule has 2 aromatic rings. The van der Waals surface area contributed by atoms with Crippen molar-refractivity contribution in [1.82, 2.24) is 10.6 Å². The zero-order valence-corrected chi connectivity index (χ0v) is 22.0. The van der Waals surface area contributed by atoms with Crippen molar-refractivity contribution in [3.8, 4) is 5.75 Å². The molecule has 176 valence electrons. The summed E-state index contributed by atoms with van der Waals surface area (Å²) in [5.74, 6) is 2.99. The average molecular weight is 499 g/mol. The summed E-state index contributed by atoms with van der Waals surface area (Å²) < 4.78 is 5.61. The highest BCUT2D eigenvalue weighted by Gasteiger charge is 2.48. The first kappa shape index (κ1) is 24.5. The Hall–Kier alpha value is -1.63. The second-order valence-electron chi connectivity index (χ2n) is 8.60. The van der Waals surface area contributed by atoms with Crippen LogP contribution in [-0.2, 0) is 0 Å². The quantitative estimate of drug-likeness (QED) is 0.312. The number of thiocarbonyl (C=S) groups is 1. The van der Waals surface area contributed by atoms with E-state index in [9.17, 15) is 0 Å². The topological polar surface area (TPSA) is 33.3 Å². The largest absolute Gasteiger partial charge is 0.497 e. The highest BCUT2D eigenvalue weighted by Crippen LogP contribution is 2.63. The average Bonchev–Trinajstić information content (AvgIpc) is 2.87. The van der Waals surface area contributed by atoms with E-state index in [1.807, 2.05) is 0 Å². The zero-order chi connectivity index (χ0) is 23.1. The maximum absolute atomic E-state index is 5.43. The van der Waals surface area contributed by atoms with Crippen LogP contribution in [0.1, 0.15) is 49.7 Å². The maximum atomic E-state index is 5.43. The zero-order valence-electron chi connectivity index (χ0n) is 19.5. The number of thioether (sulfide) groups is 2. The Balaban J connectivity index is 1.62. The molecule has 0 saturated heterocycles. The van der Waals surface area contributed by atoms with E-state index in [0.29, 0.717) is 11.8 Å². The van der Waals surface area contributed by atoms with Crippen LogP contribution in [0.2, 0.25) is 0 Å². The molecule has 6 heteroatoms. The SMILES string of the molecule is CCNC(=S)NCCSC12CCCCC1C(c1ccc(OC)cc1)C=C(c1ccccc1)S2. The Morgan fingerprint density at radius 3 is 2.64 bits per heavy atom. The fourth-order valence-corrected chi connectivity index (χ4v) is 8.77. The number of hydrogen-bond donors (Lipinski definition) is 2. The van der Waals surface area contributed by atoms with Gasteiger partial charge in [-0.2, -0.15) is 0 Å². The first-order chi connectivity index (χ1) is 16.1. The summed E-state index contributed by atoms with van der Waals surface area (Å²) >= 11 is 9.62. The van der Waals surface area contributed by atoms with Crippen LogP contribution in [-0.4, -0.2) is 35.1 Å². The molecular formula is C27H34N2OS3. The Labute approximate surface area is 212 Å². The van der Waals surface area contributed by atoms with Crippen molar-refractivity contribution in [2.24, 2.45) is 5.92 Å². The number of rotatable bonds is 8. The predicted molar refractivity (Wildman–Crippen MR) is 149 cm³/mol. The number of ether oxygens (including phenoxy) is 1. The number of hydrogen-bond acceptors (Lipinski definition) is 4. The van der Waals surface area contributed by atoms with Crippen molar-refractivity contribution < 1.29 is 4.74 Å². The van der Waals surface area contributed by atoms with Gasteiger partial charge in [0.25, 0.3) is 0 Å². The van der Waals surface area contributed by atoms with E-state index in [4.69, 9.17) is 17.0 Å². The van der Waals surface area contributed by atoms with Gasteiger partial charge in [-0.05, 0) is 61.2 Å². The second kappa shape index (κ2) is 11.7. The Morgan fingerprint density at radius 1 is 1.12 bits per heavy atom. The molecule has 3 atom stereocenters. The summed E-state index contributed by atoms with van der Waals surface area (Å²) in [7, 11) is 1.73. The van der Waals surface area contributed by atoms with Gasteiger partial charge in [0.15, 0.2) is 5.11 Å². The van der Waals surface area contributed by atoms with Gasteiger partial charge in [-0.25, -0.2) is 0 Å². The lowest BCUT2D eigenvalue weighted by molar-refractivity contribution is 0.320. The Morgan fingerprint density at radius 2 is 1.91 bits per heavy atom. The minimum absolute atomic E-state index is 0.185. The number of allylic oxidation sites excluding steroid dienone is 1. The molecule has 2 aromatic carbocycles. The third kappa shape index (κ3) is 5.90. The highest BCUT2D eigenvalue weighted by atomic mass is 32.2. The minimum Gasteiger partial charge on any atom is -0.497 e. The van der Waals surface area contributed by atoms with Crippen molar-refractivity contribution in [3.05, 3.63) is 71.8 Å². The fraction of sp³-hybridized carbons (Fsp3) is 0.444. The first-order valence-electron chi connectivity index (χ1n) is 11.9. The molecule has 1 heterocycles. The molecule has 0 amide bonds. The number of benzene rings is 2. The normalized spacial score (nSPS) is 24.4. The van der Waals surface area contributed by atoms with Crippen LogP contribution in [0, 0.1) is 5.92 Å². The van der Waals surface area contributed by atoms with E-state index in [1.54, 1.807) is 7.11 Å². The van der Waals surface area contributed by atoms with Gasteiger partial charge >= 0.3 is 0 Å². The summed E-state index contributed by atoms with van der Waals surface area (Å²) in [5.41, 5.74) is 2.73. The van der Waals surface area contributed by atoms with Gasteiger partial charge in [0.05, 0.1) is 11.2 Å². The van der Waals surface area contributed by atoms with E-state index in [1.165, 1.54) is 41.7 Å². The highest BCUT2D eigenvalue weighted by molar-refractivity contribution is 8.22. The summed E-state index contributed by atoms with van der Waals surface area (Å²) in [5, 5.41) is 7.32. The Bertz CT molecular complexity index is 948. The van der Waals surface area contributed by atoms with Gasteiger partial charge in [-0.3, -0.25) is 0 Å². The van der Waals surface area contributed by atoms with Crippen molar-refractivity contribution in [3.63, 3.8) is 0 Å². The molecular weight excluding hydrogens is 465 g/mol. The third-order valence-corrected chi connectivity index (χ3v) is 10.3. The lowest BCUT2D eigenvalue weighted by atomic mass is 9.75. The van der Waals surface area contributed by atoms with Gasteiger partial charge in [-0.1, -0.05) is 61.4 Å². The summed E-state index contributed by atoms with van der Waals surface area (Å²) in [6.07, 6.45) is 7.68. The molecule has 0 bridgehead atoms. The maximum Gasteiger partial charge on any atom is 0.166 e. The van der Waals surface area contributed by atoms with E-state index >= 15 is 0 Å². The van der Waals surface area contributed by atoms with E-state index in [-0.39, 0.29) is 4.08 Å². The fourth-order valence-electron chi connectivity index (χ4n) is 4.95. The number of nitrogens with one attached hydrogen (secondary N) is 2. The van der Waals surface area contributed by atoms with Crippen molar-refractivity contribution in [2.75, 3.05) is 26.0 Å². The molecule has 2 aliphatic rings. The van der Waals surface area contributed by atoms with Gasteiger partial charge in [0, 0.05) is 29.7 Å². The molecule has 3 nitrogen and oxygen atoms in total. The number of methoxy groups -OCH3 is 1. The Kier molecular flexibility index (Phi) is 8.67. The first-order valence-corrected chi connectivity index (χ1v) is 14.1. The lowest BCUT2D eigenvalue weighted by Gasteiger charge is -2.49. The van der Waals surface area contributed by atoms with Crippen LogP contribution in [0.5, 0.6) is 5.75 Å². The molecule has 1 saturated carbocycles. The minimum atomic E-state index is 0.185. The molecule has 1 aliphatic carbocycles. The smallest absolute Gasteiger partial charge is 0.166 e. The van der Waals surface area contributed by atoms with Crippen LogP contribution >= 0.6 is 35.7 Å². The van der Waals surface area contributed by atoms with Crippen LogP contribution in [0.25, 0.3) is 4.91 Å². The monoisotopic (exact) mass is 498 g/mol. The van der Waals surface area contributed by atoms with E-state index < -0.39 is 0 Å². The molecule has 1 aliphatic heterocycles. The molecule has 0 spiro atoms. The molecule has 33 heavy (non-hydrogen) atoms. The summed E-state index contributed by atoms with van der Waals surface area (Å²) in [6.45, 7) is 3.82. The van der Waals surface area contributed by atoms with Crippen LogP contribution in [0.4, 0.5) is 0 Å². The molecule has 0 aromatic heterocycles. The predicted octanol–water partition coefficient (Wildman–Crippen LogP) is 6.67. The lowest BCUT2D eigenvalue weighted by Crippen LogP contribution is -2.41. The van der Waals surface area contributed by atoms with Crippen molar-refractivity contribution in [2.45, 2.75) is 42.6 Å².